The summed E-state index contributed by atoms with van der Waals surface area (Å²) in [4.78, 5) is 12.1. The number of amides is 1. The number of carbonyl (C=O) groups excluding carboxylic acids is 1. The minimum Gasteiger partial charge on any atom is -0.352 e. The van der Waals surface area contributed by atoms with Crippen LogP contribution < -0.4 is 10.6 Å². The summed E-state index contributed by atoms with van der Waals surface area (Å²) in [7, 11) is -0.783. The molecule has 4 nitrogen and oxygen atoms in total. The molecule has 3 unspecified atom stereocenters. The highest BCUT2D eigenvalue weighted by molar-refractivity contribution is 7.84. The van der Waals surface area contributed by atoms with Crippen molar-refractivity contribution in [1.29, 1.82) is 0 Å². The number of nitrogens with one attached hydrogen (secondary N) is 2. The fourth-order valence-electron chi connectivity index (χ4n) is 2.05. The zero-order valence-electron chi connectivity index (χ0n) is 11.0. The van der Waals surface area contributed by atoms with Crippen LogP contribution in [0.5, 0.6) is 0 Å². The molecule has 1 aliphatic rings. The van der Waals surface area contributed by atoms with Gasteiger partial charge in [-0.1, -0.05) is 0 Å². The molecule has 1 aliphatic heterocycles. The van der Waals surface area contributed by atoms with Crippen molar-refractivity contribution in [2.75, 3.05) is 18.6 Å². The monoisotopic (exact) mass is 260 g/mol. The summed E-state index contributed by atoms with van der Waals surface area (Å²) in [5.41, 5.74) is -0.419. The van der Waals surface area contributed by atoms with Crippen LogP contribution in [0.4, 0.5) is 0 Å². The van der Waals surface area contributed by atoms with Crippen LogP contribution in [0, 0.1) is 0 Å². The van der Waals surface area contributed by atoms with Gasteiger partial charge in [-0.2, -0.15) is 0 Å². The van der Waals surface area contributed by atoms with Crippen LogP contribution in [0.3, 0.4) is 0 Å². The molecular formula is C12H24N2O2S. The summed E-state index contributed by atoms with van der Waals surface area (Å²) < 4.78 is 11.0. The molecule has 2 N–H and O–H groups in total. The topological polar surface area (TPSA) is 58.2 Å². The third-order valence-corrected chi connectivity index (χ3v) is 4.15. The maximum absolute atomic E-state index is 12.1. The molecule has 1 amide bonds. The molecule has 17 heavy (non-hydrogen) atoms. The van der Waals surface area contributed by atoms with Gasteiger partial charge in [0.1, 0.15) is 0 Å². The first-order valence-corrected chi connectivity index (χ1v) is 8.03. The predicted octanol–water partition coefficient (Wildman–Crippen LogP) is 0.792. The first kappa shape index (κ1) is 14.6. The maximum Gasteiger partial charge on any atom is 0.240 e. The Hall–Kier alpha value is -0.420. The third-order valence-electron chi connectivity index (χ3n) is 3.34. The molecule has 0 aromatic rings. The van der Waals surface area contributed by atoms with Gasteiger partial charge >= 0.3 is 0 Å². The number of carbonyl (C=O) groups is 1. The van der Waals surface area contributed by atoms with Gasteiger partial charge in [0.15, 0.2) is 0 Å². The Morgan fingerprint density at radius 3 is 2.76 bits per heavy atom. The van der Waals surface area contributed by atoms with E-state index in [1.54, 1.807) is 6.26 Å². The minimum absolute atomic E-state index is 0.0755. The van der Waals surface area contributed by atoms with E-state index in [1.807, 2.05) is 13.8 Å². The molecule has 0 radical (unpaired) electrons. The average molecular weight is 260 g/mol. The average Bonchev–Trinajstić information content (AvgIpc) is 2.27. The van der Waals surface area contributed by atoms with Crippen LogP contribution >= 0.6 is 0 Å². The highest BCUT2D eigenvalue weighted by atomic mass is 32.2. The van der Waals surface area contributed by atoms with Gasteiger partial charge in [-0.15, -0.1) is 0 Å². The van der Waals surface area contributed by atoms with Crippen LogP contribution in [0.2, 0.25) is 0 Å². The molecule has 1 heterocycles. The molecule has 0 aliphatic carbocycles. The van der Waals surface area contributed by atoms with Gasteiger partial charge in [0.25, 0.3) is 0 Å². The number of hydrogen-bond donors (Lipinski definition) is 2. The molecule has 1 saturated heterocycles. The van der Waals surface area contributed by atoms with E-state index in [4.69, 9.17) is 0 Å². The molecular weight excluding hydrogens is 236 g/mol. The molecule has 0 aromatic carbocycles. The van der Waals surface area contributed by atoms with Crippen molar-refractivity contribution >= 4 is 16.7 Å². The molecule has 100 valence electrons. The molecule has 3 atom stereocenters. The van der Waals surface area contributed by atoms with E-state index < -0.39 is 16.3 Å². The molecule has 0 spiro atoms. The van der Waals surface area contributed by atoms with Crippen molar-refractivity contribution in [2.24, 2.45) is 0 Å². The normalized spacial score (nSPS) is 28.4. The number of rotatable bonds is 5. The van der Waals surface area contributed by atoms with Gasteiger partial charge in [0.05, 0.1) is 5.54 Å². The smallest absolute Gasteiger partial charge is 0.240 e. The highest BCUT2D eigenvalue weighted by Gasteiger charge is 2.34. The van der Waals surface area contributed by atoms with E-state index >= 15 is 0 Å². The Morgan fingerprint density at radius 2 is 2.24 bits per heavy atom. The Morgan fingerprint density at radius 1 is 1.53 bits per heavy atom. The van der Waals surface area contributed by atoms with Gasteiger partial charge in [0, 0.05) is 28.9 Å². The lowest BCUT2D eigenvalue weighted by atomic mass is 9.90. The Kier molecular flexibility index (Phi) is 5.59. The molecule has 1 rings (SSSR count). The first-order valence-electron chi connectivity index (χ1n) is 6.30. The van der Waals surface area contributed by atoms with E-state index in [0.717, 1.165) is 32.2 Å². The summed E-state index contributed by atoms with van der Waals surface area (Å²) >= 11 is 0. The van der Waals surface area contributed by atoms with E-state index in [0.29, 0.717) is 5.75 Å². The van der Waals surface area contributed by atoms with E-state index in [2.05, 4.69) is 10.6 Å². The SMILES string of the molecule is CC(CCS(C)=O)NC(=O)C1(C)CCCCN1. The van der Waals surface area contributed by atoms with Crippen LogP contribution in [0.1, 0.15) is 39.5 Å². The Bertz CT molecular complexity index is 288. The van der Waals surface area contributed by atoms with Gasteiger partial charge in [-0.3, -0.25) is 9.00 Å². The molecule has 5 heteroatoms. The quantitative estimate of drug-likeness (QED) is 0.768. The second-order valence-electron chi connectivity index (χ2n) is 5.16. The van der Waals surface area contributed by atoms with Gasteiger partial charge < -0.3 is 10.6 Å². The largest absolute Gasteiger partial charge is 0.352 e. The van der Waals surface area contributed by atoms with E-state index in [9.17, 15) is 9.00 Å². The summed E-state index contributed by atoms with van der Waals surface area (Å²) in [6, 6.07) is 0.0898. The molecule has 0 aromatic heterocycles. The lowest BCUT2D eigenvalue weighted by molar-refractivity contribution is -0.128. The highest BCUT2D eigenvalue weighted by Crippen LogP contribution is 2.19. The Balaban J connectivity index is 2.39. The maximum atomic E-state index is 12.1. The second kappa shape index (κ2) is 6.50. The van der Waals surface area contributed by atoms with Crippen LogP contribution in [-0.2, 0) is 15.6 Å². The third kappa shape index (κ3) is 4.76. The van der Waals surface area contributed by atoms with Gasteiger partial charge in [-0.25, -0.2) is 0 Å². The summed E-state index contributed by atoms with van der Waals surface area (Å²) in [5, 5.41) is 6.30. The standard InChI is InChI=1S/C12H24N2O2S/c1-10(6-9-17(3)16)14-11(15)12(2)7-4-5-8-13-12/h10,13H,4-9H2,1-3H3,(H,14,15). The van der Waals surface area contributed by atoms with Crippen molar-refractivity contribution in [3.05, 3.63) is 0 Å². The molecule has 0 bridgehead atoms. The Labute approximate surface area is 106 Å². The molecule has 1 fully saturated rings. The van der Waals surface area contributed by atoms with Gasteiger partial charge in [0.2, 0.25) is 5.91 Å². The lowest BCUT2D eigenvalue weighted by Crippen LogP contribution is -2.58. The number of piperidine rings is 1. The predicted molar refractivity (Wildman–Crippen MR) is 71.4 cm³/mol. The van der Waals surface area contributed by atoms with E-state index in [1.165, 1.54) is 0 Å². The molecule has 0 saturated carbocycles. The summed E-state index contributed by atoms with van der Waals surface area (Å²) in [5.74, 6) is 0.720. The fourth-order valence-corrected chi connectivity index (χ4v) is 2.73. The number of hydrogen-bond acceptors (Lipinski definition) is 3. The van der Waals surface area contributed by atoms with Gasteiger partial charge in [-0.05, 0) is 46.1 Å². The first-order chi connectivity index (χ1) is 7.94. The second-order valence-corrected chi connectivity index (χ2v) is 6.71. The lowest BCUT2D eigenvalue weighted by Gasteiger charge is -2.34. The summed E-state index contributed by atoms with van der Waals surface area (Å²) in [6.07, 6.45) is 5.60. The van der Waals surface area contributed by atoms with Crippen molar-refractivity contribution in [1.82, 2.24) is 10.6 Å². The summed E-state index contributed by atoms with van der Waals surface area (Å²) in [6.45, 7) is 4.85. The van der Waals surface area contributed by atoms with E-state index in [-0.39, 0.29) is 11.9 Å². The van der Waals surface area contributed by atoms with Crippen molar-refractivity contribution < 1.29 is 9.00 Å². The van der Waals surface area contributed by atoms with Crippen LogP contribution in [0.15, 0.2) is 0 Å². The minimum atomic E-state index is -0.783. The van der Waals surface area contributed by atoms with Crippen molar-refractivity contribution in [2.45, 2.75) is 51.1 Å². The van der Waals surface area contributed by atoms with Crippen LogP contribution in [0.25, 0.3) is 0 Å². The zero-order valence-corrected chi connectivity index (χ0v) is 11.9. The fraction of sp³-hybridized carbons (Fsp3) is 0.917. The van der Waals surface area contributed by atoms with Crippen molar-refractivity contribution in [3.8, 4) is 0 Å². The van der Waals surface area contributed by atoms with Crippen molar-refractivity contribution in [3.63, 3.8) is 0 Å². The zero-order chi connectivity index (χ0) is 12.9. The van der Waals surface area contributed by atoms with Crippen LogP contribution in [-0.4, -0.2) is 40.3 Å².